The highest BCUT2D eigenvalue weighted by Gasteiger charge is 2.30. The van der Waals surface area contributed by atoms with Crippen molar-refractivity contribution in [3.63, 3.8) is 0 Å². The molecular formula is C74H140O17P2. The fourth-order valence-electron chi connectivity index (χ4n) is 10.7. The molecule has 0 aromatic heterocycles. The van der Waals surface area contributed by atoms with Gasteiger partial charge in [0.1, 0.15) is 19.3 Å². The number of esters is 4. The van der Waals surface area contributed by atoms with Gasteiger partial charge in [0.2, 0.25) is 0 Å². The number of hydrogen-bond acceptors (Lipinski definition) is 15. The maximum absolute atomic E-state index is 13.1. The SMILES string of the molecule is CCCCCC/C=C\C=C/CCCCCCCC(=O)OC[C@H](COP(=O)(O)OCC(O)COP(=O)(O)OC[C@@H](COC(=O)CCCCCCCCCC(C)C)OC(=O)CCCCCCCCCCCCC(C)C)OC(=O)CCCCCCCCCCCCCCC(C)C. The molecule has 0 radical (unpaired) electrons. The van der Waals surface area contributed by atoms with Crippen LogP contribution in [0.4, 0.5) is 0 Å². The van der Waals surface area contributed by atoms with Gasteiger partial charge in [-0.05, 0) is 69.1 Å². The highest BCUT2D eigenvalue weighted by atomic mass is 31.2. The van der Waals surface area contributed by atoms with Crippen molar-refractivity contribution in [2.24, 2.45) is 17.8 Å². The summed E-state index contributed by atoms with van der Waals surface area (Å²) in [6.07, 6.45) is 52.2. The molecular weight excluding hydrogens is 1220 g/mol. The van der Waals surface area contributed by atoms with Crippen molar-refractivity contribution in [1.82, 2.24) is 0 Å². The van der Waals surface area contributed by atoms with Crippen LogP contribution in [0.25, 0.3) is 0 Å². The molecule has 3 unspecified atom stereocenters. The molecule has 0 aliphatic carbocycles. The van der Waals surface area contributed by atoms with Crippen molar-refractivity contribution in [2.45, 2.75) is 369 Å². The van der Waals surface area contributed by atoms with E-state index in [0.29, 0.717) is 31.6 Å². The molecule has 0 rings (SSSR count). The minimum absolute atomic E-state index is 0.0995. The Morgan fingerprint density at radius 3 is 0.871 bits per heavy atom. The number of phosphoric ester groups is 2. The Hall–Kier alpha value is -2.46. The van der Waals surface area contributed by atoms with Crippen molar-refractivity contribution in [3.05, 3.63) is 24.3 Å². The zero-order chi connectivity index (χ0) is 68.7. The Morgan fingerprint density at radius 2 is 0.581 bits per heavy atom. The van der Waals surface area contributed by atoms with Crippen molar-refractivity contribution in [2.75, 3.05) is 39.6 Å². The first-order valence-electron chi connectivity index (χ1n) is 37.7. The summed E-state index contributed by atoms with van der Waals surface area (Å²) in [6, 6.07) is 0. The smallest absolute Gasteiger partial charge is 0.462 e. The fraction of sp³-hybridized carbons (Fsp3) is 0.892. The third kappa shape index (κ3) is 67.9. The lowest BCUT2D eigenvalue weighted by Crippen LogP contribution is -2.30. The molecule has 0 saturated carbocycles. The topological polar surface area (TPSA) is 237 Å². The van der Waals surface area contributed by atoms with E-state index in [1.54, 1.807) is 0 Å². The zero-order valence-electron chi connectivity index (χ0n) is 60.2. The molecule has 0 fully saturated rings. The predicted octanol–water partition coefficient (Wildman–Crippen LogP) is 21.0. The monoisotopic (exact) mass is 1360 g/mol. The van der Waals surface area contributed by atoms with E-state index in [4.69, 9.17) is 37.0 Å². The predicted molar refractivity (Wildman–Crippen MR) is 377 cm³/mol. The molecule has 19 heteroatoms. The van der Waals surface area contributed by atoms with Gasteiger partial charge in [-0.15, -0.1) is 0 Å². The van der Waals surface area contributed by atoms with Gasteiger partial charge in [0, 0.05) is 25.7 Å². The van der Waals surface area contributed by atoms with Gasteiger partial charge in [0.25, 0.3) is 0 Å². The second-order valence-electron chi connectivity index (χ2n) is 27.4. The van der Waals surface area contributed by atoms with Crippen LogP contribution in [0.15, 0.2) is 24.3 Å². The van der Waals surface area contributed by atoms with Crippen LogP contribution in [0, 0.1) is 17.8 Å². The second-order valence-corrected chi connectivity index (χ2v) is 30.3. The highest BCUT2D eigenvalue weighted by Crippen LogP contribution is 2.45. The molecule has 0 heterocycles. The Labute approximate surface area is 567 Å². The Balaban J connectivity index is 5.29. The largest absolute Gasteiger partial charge is 0.472 e. The van der Waals surface area contributed by atoms with Crippen LogP contribution >= 0.6 is 15.6 Å². The number of aliphatic hydroxyl groups is 1. The zero-order valence-corrected chi connectivity index (χ0v) is 62.0. The van der Waals surface area contributed by atoms with E-state index in [0.717, 1.165) is 127 Å². The summed E-state index contributed by atoms with van der Waals surface area (Å²) in [4.78, 5) is 72.7. The summed E-state index contributed by atoms with van der Waals surface area (Å²) in [5, 5.41) is 10.6. The van der Waals surface area contributed by atoms with Gasteiger partial charge >= 0.3 is 39.5 Å². The third-order valence-corrected chi connectivity index (χ3v) is 18.4. The quantitative estimate of drug-likeness (QED) is 0.0169. The number of phosphoric acid groups is 2. The maximum atomic E-state index is 13.1. The van der Waals surface area contributed by atoms with E-state index < -0.39 is 97.5 Å². The molecule has 3 N–H and O–H groups in total. The van der Waals surface area contributed by atoms with Gasteiger partial charge in [0.15, 0.2) is 12.2 Å². The number of carbonyl (C=O) groups excluding carboxylic acids is 4. The van der Waals surface area contributed by atoms with Gasteiger partial charge in [0.05, 0.1) is 26.4 Å². The number of hydrogen-bond donors (Lipinski definition) is 3. The number of unbranched alkanes of at least 4 members (excludes halogenated alkanes) is 35. The van der Waals surface area contributed by atoms with Gasteiger partial charge < -0.3 is 33.8 Å². The second kappa shape index (κ2) is 64.2. The average molecular weight is 1360 g/mol. The molecule has 0 aromatic rings. The molecule has 548 valence electrons. The van der Waals surface area contributed by atoms with Crippen LogP contribution in [0.2, 0.25) is 0 Å². The van der Waals surface area contributed by atoms with Crippen molar-refractivity contribution in [3.8, 4) is 0 Å². The van der Waals surface area contributed by atoms with Crippen molar-refractivity contribution < 1.29 is 80.2 Å². The van der Waals surface area contributed by atoms with Crippen LogP contribution < -0.4 is 0 Å². The average Bonchev–Trinajstić information content (AvgIpc) is 1.78. The molecule has 5 atom stereocenters. The van der Waals surface area contributed by atoms with Crippen LogP contribution in [-0.4, -0.2) is 96.7 Å². The fourth-order valence-corrected chi connectivity index (χ4v) is 12.3. The van der Waals surface area contributed by atoms with Crippen molar-refractivity contribution >= 4 is 39.5 Å². The summed E-state index contributed by atoms with van der Waals surface area (Å²) in [7, 11) is -9.92. The van der Waals surface area contributed by atoms with Gasteiger partial charge in [-0.25, -0.2) is 9.13 Å². The summed E-state index contributed by atoms with van der Waals surface area (Å²) in [5.74, 6) is 0.0761. The van der Waals surface area contributed by atoms with E-state index in [-0.39, 0.29) is 25.7 Å². The first kappa shape index (κ1) is 90.5. The van der Waals surface area contributed by atoms with E-state index in [1.165, 1.54) is 135 Å². The van der Waals surface area contributed by atoms with Gasteiger partial charge in [-0.2, -0.15) is 0 Å². The molecule has 0 aromatic carbocycles. The lowest BCUT2D eigenvalue weighted by Gasteiger charge is -2.21. The number of aliphatic hydroxyl groups excluding tert-OH is 1. The number of carbonyl (C=O) groups is 4. The lowest BCUT2D eigenvalue weighted by molar-refractivity contribution is -0.161. The van der Waals surface area contributed by atoms with E-state index in [1.807, 2.05) is 0 Å². The Kier molecular flexibility index (Phi) is 62.5. The summed E-state index contributed by atoms with van der Waals surface area (Å²) < 4.78 is 68.4. The van der Waals surface area contributed by atoms with Crippen LogP contribution in [0.5, 0.6) is 0 Å². The molecule has 0 spiro atoms. The lowest BCUT2D eigenvalue weighted by atomic mass is 10.0. The first-order valence-corrected chi connectivity index (χ1v) is 40.7. The molecule has 17 nitrogen and oxygen atoms in total. The summed E-state index contributed by atoms with van der Waals surface area (Å²) in [6.45, 7) is 11.8. The van der Waals surface area contributed by atoms with Crippen LogP contribution in [0.3, 0.4) is 0 Å². The molecule has 0 saturated heterocycles. The van der Waals surface area contributed by atoms with Crippen LogP contribution in [0.1, 0.15) is 350 Å². The molecule has 0 aliphatic rings. The summed E-state index contributed by atoms with van der Waals surface area (Å²) >= 11 is 0. The molecule has 0 amide bonds. The van der Waals surface area contributed by atoms with E-state index in [2.05, 4.69) is 72.8 Å². The number of rotatable bonds is 70. The normalized spacial score (nSPS) is 14.3. The number of ether oxygens (including phenoxy) is 4. The van der Waals surface area contributed by atoms with E-state index >= 15 is 0 Å². The summed E-state index contributed by atoms with van der Waals surface area (Å²) in [5.41, 5.74) is 0. The molecule has 0 bridgehead atoms. The highest BCUT2D eigenvalue weighted by molar-refractivity contribution is 7.47. The van der Waals surface area contributed by atoms with Gasteiger partial charge in [-0.1, -0.05) is 297 Å². The first-order chi connectivity index (χ1) is 44.7. The maximum Gasteiger partial charge on any atom is 0.472 e. The van der Waals surface area contributed by atoms with Crippen molar-refractivity contribution in [1.29, 1.82) is 0 Å². The van der Waals surface area contributed by atoms with Crippen LogP contribution in [-0.2, 0) is 65.4 Å². The minimum atomic E-state index is -4.96. The standard InChI is InChI=1S/C74H140O17P2/c1-8-9-10-11-12-13-14-15-16-17-21-27-34-41-48-55-71(76)84-61-69(90-73(78)57-50-43-35-28-22-19-18-20-25-31-38-45-52-65(2)3)63-88-92(80,81)86-59-68(75)60-87-93(82,83)89-64-70(62-85-72(77)56-49-42-37-30-33-40-47-54-67(6)7)91-74(79)58-51-44-36-29-24-23-26-32-39-46-53-66(4)5/h13-16,65-70,75H,8-12,17-64H2,1-7H3,(H,80,81)(H,82,83)/b14-13-,16-15-/t68?,69-,70-/m1/s1. The molecule has 93 heavy (non-hydrogen) atoms. The van der Waals surface area contributed by atoms with Gasteiger partial charge in [-0.3, -0.25) is 37.3 Å². The molecule has 0 aliphatic heterocycles. The Morgan fingerprint density at radius 1 is 0.333 bits per heavy atom. The third-order valence-electron chi connectivity index (χ3n) is 16.5. The number of allylic oxidation sites excluding steroid dienone is 4. The van der Waals surface area contributed by atoms with E-state index in [9.17, 15) is 43.2 Å². The minimum Gasteiger partial charge on any atom is -0.462 e. The Bertz CT molecular complexity index is 1910.